The minimum Gasteiger partial charge on any atom is -0.383 e. The summed E-state index contributed by atoms with van der Waals surface area (Å²) in [5.41, 5.74) is 2.84. The molecule has 0 radical (unpaired) electrons. The lowest BCUT2D eigenvalue weighted by atomic mass is 10.1. The number of aromatic nitrogens is 2. The summed E-state index contributed by atoms with van der Waals surface area (Å²) in [4.78, 5) is 31.9. The van der Waals surface area contributed by atoms with Gasteiger partial charge in [-0.1, -0.05) is 42.5 Å². The van der Waals surface area contributed by atoms with Crippen molar-refractivity contribution in [3.05, 3.63) is 60.2 Å². The van der Waals surface area contributed by atoms with Crippen molar-refractivity contribution in [1.82, 2.24) is 14.9 Å². The monoisotopic (exact) mass is 392 g/mol. The van der Waals surface area contributed by atoms with Crippen molar-refractivity contribution in [3.8, 4) is 0 Å². The molecule has 0 saturated carbocycles. The quantitative estimate of drug-likeness (QED) is 0.638. The molecule has 4 rings (SSSR count). The van der Waals surface area contributed by atoms with Gasteiger partial charge in [-0.2, -0.15) is 0 Å². The predicted octanol–water partition coefficient (Wildman–Crippen LogP) is 2.32. The van der Waals surface area contributed by atoms with E-state index in [1.54, 1.807) is 12.0 Å². The molecule has 3 aromatic rings. The van der Waals surface area contributed by atoms with Crippen molar-refractivity contribution in [1.29, 1.82) is 0 Å². The van der Waals surface area contributed by atoms with Gasteiger partial charge in [-0.25, -0.2) is 4.98 Å². The van der Waals surface area contributed by atoms with Gasteiger partial charge in [0.1, 0.15) is 6.04 Å². The molecule has 2 amide bonds. The van der Waals surface area contributed by atoms with E-state index < -0.39 is 6.04 Å². The molecule has 1 N–H and O–H groups in total. The summed E-state index contributed by atoms with van der Waals surface area (Å²) < 4.78 is 7.02. The lowest BCUT2D eigenvalue weighted by molar-refractivity contribution is -0.127. The number of hydrogen-bond donors (Lipinski definition) is 1. The number of amides is 2. The van der Waals surface area contributed by atoms with Gasteiger partial charge in [0.05, 0.1) is 30.6 Å². The van der Waals surface area contributed by atoms with E-state index in [0.717, 1.165) is 17.5 Å². The van der Waals surface area contributed by atoms with Gasteiger partial charge in [-0.15, -0.1) is 0 Å². The fraction of sp³-hybridized carbons (Fsp3) is 0.318. The topological polar surface area (TPSA) is 76.5 Å². The minimum absolute atomic E-state index is 0.0878. The molecule has 0 spiro atoms. The van der Waals surface area contributed by atoms with Crippen LogP contribution in [0.3, 0.4) is 0 Å². The van der Waals surface area contributed by atoms with Crippen molar-refractivity contribution >= 4 is 28.8 Å². The molecule has 1 atom stereocenters. The molecule has 1 unspecified atom stereocenters. The Morgan fingerprint density at radius 3 is 2.69 bits per heavy atom. The number of imidazole rings is 1. The van der Waals surface area contributed by atoms with Gasteiger partial charge in [-0.05, 0) is 24.1 Å². The molecule has 0 fully saturated rings. The zero-order valence-electron chi connectivity index (χ0n) is 16.4. The number of fused-ring (bicyclic) bond motifs is 3. The Morgan fingerprint density at radius 2 is 1.90 bits per heavy atom. The molecule has 0 aliphatic carbocycles. The van der Waals surface area contributed by atoms with Gasteiger partial charge in [0, 0.05) is 13.7 Å². The average molecular weight is 392 g/mol. The Morgan fingerprint density at radius 1 is 1.14 bits per heavy atom. The maximum atomic E-state index is 13.0. The molecule has 0 bridgehead atoms. The zero-order chi connectivity index (χ0) is 20.2. The molecular weight excluding hydrogens is 368 g/mol. The van der Waals surface area contributed by atoms with Crippen LogP contribution in [-0.2, 0) is 20.7 Å². The van der Waals surface area contributed by atoms with Gasteiger partial charge in [-0.3, -0.25) is 19.1 Å². The fourth-order valence-corrected chi connectivity index (χ4v) is 3.73. The van der Waals surface area contributed by atoms with Crippen LogP contribution in [0.25, 0.3) is 11.0 Å². The second-order valence-corrected chi connectivity index (χ2v) is 7.06. The van der Waals surface area contributed by atoms with E-state index in [0.29, 0.717) is 25.6 Å². The van der Waals surface area contributed by atoms with Crippen molar-refractivity contribution in [3.63, 3.8) is 0 Å². The third kappa shape index (κ3) is 3.86. The van der Waals surface area contributed by atoms with Gasteiger partial charge < -0.3 is 10.1 Å². The smallest absolute Gasteiger partial charge is 0.253 e. The highest BCUT2D eigenvalue weighted by atomic mass is 16.5. The van der Waals surface area contributed by atoms with Crippen LogP contribution < -0.4 is 10.2 Å². The summed E-state index contributed by atoms with van der Waals surface area (Å²) in [6, 6.07) is 17.1. The SMILES string of the molecule is COCCN1C(=O)C(CC(=O)NCCc2ccccc2)n2c1nc1ccccc12. The maximum absolute atomic E-state index is 13.0. The summed E-state index contributed by atoms with van der Waals surface area (Å²) >= 11 is 0. The summed E-state index contributed by atoms with van der Waals surface area (Å²) in [6.07, 6.45) is 0.842. The third-order valence-corrected chi connectivity index (χ3v) is 5.16. The number of rotatable bonds is 8. The first-order chi connectivity index (χ1) is 14.2. The molecular formula is C22H24N4O3. The molecule has 1 aliphatic heterocycles. The molecule has 7 nitrogen and oxygen atoms in total. The second kappa shape index (κ2) is 8.45. The van der Waals surface area contributed by atoms with Crippen molar-refractivity contribution in [2.45, 2.75) is 18.9 Å². The molecule has 1 aromatic heterocycles. The lowest BCUT2D eigenvalue weighted by Gasteiger charge is -2.15. The molecule has 1 aliphatic rings. The summed E-state index contributed by atoms with van der Waals surface area (Å²) in [5.74, 6) is 0.320. The molecule has 2 heterocycles. The van der Waals surface area contributed by atoms with Crippen LogP contribution in [-0.4, -0.2) is 48.2 Å². The van der Waals surface area contributed by atoms with Crippen LogP contribution in [0.2, 0.25) is 0 Å². The van der Waals surface area contributed by atoms with Crippen LogP contribution in [0.5, 0.6) is 0 Å². The number of carbonyl (C=O) groups is 2. The fourth-order valence-electron chi connectivity index (χ4n) is 3.73. The number of para-hydroxylation sites is 2. The zero-order valence-corrected chi connectivity index (χ0v) is 16.4. The van der Waals surface area contributed by atoms with E-state index in [9.17, 15) is 9.59 Å². The van der Waals surface area contributed by atoms with Crippen molar-refractivity contribution in [2.75, 3.05) is 31.7 Å². The van der Waals surface area contributed by atoms with E-state index in [2.05, 4.69) is 10.3 Å². The van der Waals surface area contributed by atoms with E-state index in [1.807, 2.05) is 59.2 Å². The van der Waals surface area contributed by atoms with Crippen LogP contribution in [0.1, 0.15) is 18.0 Å². The third-order valence-electron chi connectivity index (χ3n) is 5.16. The number of anilines is 1. The summed E-state index contributed by atoms with van der Waals surface area (Å²) in [6.45, 7) is 1.35. The first kappa shape index (κ1) is 19.1. The number of benzene rings is 2. The second-order valence-electron chi connectivity index (χ2n) is 7.06. The van der Waals surface area contributed by atoms with Crippen LogP contribution >= 0.6 is 0 Å². The number of ether oxygens (including phenoxy) is 1. The summed E-state index contributed by atoms with van der Waals surface area (Å²) in [5, 5.41) is 2.94. The number of methoxy groups -OCH3 is 1. The Labute approximate surface area is 169 Å². The number of nitrogens with one attached hydrogen (secondary N) is 1. The Bertz CT molecular complexity index is 1020. The Hall–Kier alpha value is -3.19. The van der Waals surface area contributed by atoms with Crippen LogP contribution in [0.15, 0.2) is 54.6 Å². The van der Waals surface area contributed by atoms with E-state index in [4.69, 9.17) is 4.74 Å². The standard InChI is InChI=1S/C22H24N4O3/c1-29-14-13-25-21(28)19(26-18-10-6-5-9-17(18)24-22(25)26)15-20(27)23-12-11-16-7-3-2-4-8-16/h2-10,19H,11-15H2,1H3,(H,23,27). The maximum Gasteiger partial charge on any atom is 0.253 e. The van der Waals surface area contributed by atoms with Gasteiger partial charge in [0.2, 0.25) is 11.9 Å². The minimum atomic E-state index is -0.592. The molecule has 0 saturated heterocycles. The lowest BCUT2D eigenvalue weighted by Crippen LogP contribution is -2.35. The Kier molecular flexibility index (Phi) is 5.57. The van der Waals surface area contributed by atoms with E-state index >= 15 is 0 Å². The van der Waals surface area contributed by atoms with Crippen molar-refractivity contribution in [2.24, 2.45) is 0 Å². The highest BCUT2D eigenvalue weighted by Gasteiger charge is 2.40. The predicted molar refractivity (Wildman–Crippen MR) is 111 cm³/mol. The highest BCUT2D eigenvalue weighted by molar-refractivity contribution is 6.03. The first-order valence-corrected chi connectivity index (χ1v) is 9.77. The normalized spacial score (nSPS) is 15.7. The van der Waals surface area contributed by atoms with Gasteiger partial charge in [0.15, 0.2) is 0 Å². The first-order valence-electron chi connectivity index (χ1n) is 9.77. The largest absolute Gasteiger partial charge is 0.383 e. The van der Waals surface area contributed by atoms with Gasteiger partial charge >= 0.3 is 0 Å². The Balaban J connectivity index is 1.49. The van der Waals surface area contributed by atoms with Gasteiger partial charge in [0.25, 0.3) is 5.91 Å². The number of nitrogens with zero attached hydrogens (tertiary/aromatic N) is 3. The number of hydrogen-bond acceptors (Lipinski definition) is 4. The molecule has 29 heavy (non-hydrogen) atoms. The molecule has 150 valence electrons. The molecule has 7 heteroatoms. The van der Waals surface area contributed by atoms with Crippen LogP contribution in [0.4, 0.5) is 5.95 Å². The van der Waals surface area contributed by atoms with Crippen molar-refractivity contribution < 1.29 is 14.3 Å². The van der Waals surface area contributed by atoms with E-state index in [-0.39, 0.29) is 18.2 Å². The molecule has 2 aromatic carbocycles. The summed E-state index contributed by atoms with van der Waals surface area (Å²) in [7, 11) is 1.60. The number of carbonyl (C=O) groups excluding carboxylic acids is 2. The highest BCUT2D eigenvalue weighted by Crippen LogP contribution is 2.36. The van der Waals surface area contributed by atoms with E-state index in [1.165, 1.54) is 5.56 Å². The average Bonchev–Trinajstić information content (AvgIpc) is 3.22. The van der Waals surface area contributed by atoms with Crippen LogP contribution in [0, 0.1) is 0 Å².